The zero-order chi connectivity index (χ0) is 16.0. The van der Waals surface area contributed by atoms with Gasteiger partial charge in [-0.2, -0.15) is 0 Å². The number of rotatable bonds is 7. The number of amides is 1. The van der Waals surface area contributed by atoms with Gasteiger partial charge in [-0.15, -0.1) is 0 Å². The first-order valence-corrected chi connectivity index (χ1v) is 7.17. The molecule has 0 aromatic rings. The molecule has 21 heavy (non-hydrogen) atoms. The van der Waals surface area contributed by atoms with Gasteiger partial charge in [0.05, 0.1) is 13.2 Å². The normalized spacial score (nSPS) is 21.6. The number of esters is 2. The van der Waals surface area contributed by atoms with Gasteiger partial charge >= 0.3 is 11.9 Å². The van der Waals surface area contributed by atoms with Gasteiger partial charge in [0, 0.05) is 6.54 Å². The Kier molecular flexibility index (Phi) is 6.33. The van der Waals surface area contributed by atoms with Crippen molar-refractivity contribution in [3.8, 4) is 0 Å². The van der Waals surface area contributed by atoms with Crippen LogP contribution in [-0.4, -0.2) is 54.3 Å². The lowest BCUT2D eigenvalue weighted by Crippen LogP contribution is -2.45. The zero-order valence-electron chi connectivity index (χ0n) is 12.6. The average molecular weight is 299 g/mol. The van der Waals surface area contributed by atoms with E-state index < -0.39 is 35.6 Å². The highest BCUT2D eigenvalue weighted by Gasteiger charge is 2.55. The molecule has 1 aliphatic heterocycles. The molecule has 7 heteroatoms. The lowest BCUT2D eigenvalue weighted by atomic mass is 9.99. The van der Waals surface area contributed by atoms with Crippen molar-refractivity contribution >= 4 is 23.6 Å². The van der Waals surface area contributed by atoms with E-state index in [1.54, 1.807) is 13.8 Å². The standard InChI is InChI=1S/C14H21NO6/c1-4-7-8-15-10(14(19)21-6-3)9(11(16)12(15)17)13(18)20-5-2/h9-10H,4-8H2,1-3H3/t9-,10+/m0/s1. The molecule has 0 spiro atoms. The number of nitrogens with zero attached hydrogens (tertiary/aromatic N) is 1. The van der Waals surface area contributed by atoms with E-state index in [-0.39, 0.29) is 19.8 Å². The molecule has 1 heterocycles. The fourth-order valence-corrected chi connectivity index (χ4v) is 2.25. The van der Waals surface area contributed by atoms with Crippen molar-refractivity contribution in [2.75, 3.05) is 19.8 Å². The van der Waals surface area contributed by atoms with Gasteiger partial charge in [0.15, 0.2) is 12.0 Å². The van der Waals surface area contributed by atoms with E-state index >= 15 is 0 Å². The summed E-state index contributed by atoms with van der Waals surface area (Å²) in [5, 5.41) is 0. The van der Waals surface area contributed by atoms with Crippen LogP contribution in [0.3, 0.4) is 0 Å². The monoisotopic (exact) mass is 299 g/mol. The predicted molar refractivity (Wildman–Crippen MR) is 72.2 cm³/mol. The second-order valence-corrected chi connectivity index (χ2v) is 4.64. The van der Waals surface area contributed by atoms with Crippen LogP contribution in [-0.2, 0) is 28.7 Å². The van der Waals surface area contributed by atoms with Crippen LogP contribution in [0.4, 0.5) is 0 Å². The molecule has 0 radical (unpaired) electrons. The number of hydrogen-bond donors (Lipinski definition) is 0. The van der Waals surface area contributed by atoms with Crippen molar-refractivity contribution < 1.29 is 28.7 Å². The summed E-state index contributed by atoms with van der Waals surface area (Å²) in [7, 11) is 0. The molecule has 7 nitrogen and oxygen atoms in total. The highest BCUT2D eigenvalue weighted by Crippen LogP contribution is 2.26. The highest BCUT2D eigenvalue weighted by atomic mass is 16.5. The third-order valence-electron chi connectivity index (χ3n) is 3.23. The summed E-state index contributed by atoms with van der Waals surface area (Å²) in [4.78, 5) is 49.1. The lowest BCUT2D eigenvalue weighted by Gasteiger charge is -2.24. The molecule has 0 unspecified atom stereocenters. The van der Waals surface area contributed by atoms with Crippen molar-refractivity contribution in [3.05, 3.63) is 0 Å². The molecule has 1 rings (SSSR count). The van der Waals surface area contributed by atoms with Crippen LogP contribution in [0.25, 0.3) is 0 Å². The van der Waals surface area contributed by atoms with Crippen LogP contribution < -0.4 is 0 Å². The smallest absolute Gasteiger partial charge is 0.330 e. The molecule has 1 fully saturated rings. The van der Waals surface area contributed by atoms with Gasteiger partial charge < -0.3 is 14.4 Å². The zero-order valence-corrected chi connectivity index (χ0v) is 12.6. The summed E-state index contributed by atoms with van der Waals surface area (Å²) in [6.45, 7) is 5.54. The molecule has 0 saturated carbocycles. The van der Waals surface area contributed by atoms with Crippen molar-refractivity contribution in [1.82, 2.24) is 4.90 Å². The Morgan fingerprint density at radius 2 is 1.62 bits per heavy atom. The first-order valence-electron chi connectivity index (χ1n) is 7.17. The number of hydrogen-bond acceptors (Lipinski definition) is 6. The third-order valence-corrected chi connectivity index (χ3v) is 3.23. The van der Waals surface area contributed by atoms with E-state index in [0.717, 1.165) is 11.3 Å². The summed E-state index contributed by atoms with van der Waals surface area (Å²) >= 11 is 0. The van der Waals surface area contributed by atoms with E-state index in [4.69, 9.17) is 9.47 Å². The maximum absolute atomic E-state index is 12.1. The predicted octanol–water partition coefficient (Wildman–Crippen LogP) is 0.309. The maximum Gasteiger partial charge on any atom is 0.330 e. The second-order valence-electron chi connectivity index (χ2n) is 4.64. The molecular formula is C14H21NO6. The minimum absolute atomic E-state index is 0.0707. The molecule has 0 aromatic carbocycles. The SMILES string of the molecule is CCCCN1C(=O)C(=O)[C@@H](C(=O)OCC)[C@@H]1C(=O)OCC. The van der Waals surface area contributed by atoms with Crippen molar-refractivity contribution in [2.24, 2.45) is 5.92 Å². The molecule has 1 aliphatic rings. The van der Waals surface area contributed by atoms with Gasteiger partial charge in [-0.1, -0.05) is 13.3 Å². The summed E-state index contributed by atoms with van der Waals surface area (Å²) in [6.07, 6.45) is 1.42. The summed E-state index contributed by atoms with van der Waals surface area (Å²) in [5.74, 6) is -4.74. The molecule has 0 bridgehead atoms. The van der Waals surface area contributed by atoms with Gasteiger partial charge in [0.25, 0.3) is 5.91 Å². The fourth-order valence-electron chi connectivity index (χ4n) is 2.25. The highest BCUT2D eigenvalue weighted by molar-refractivity contribution is 6.43. The van der Waals surface area contributed by atoms with Crippen molar-refractivity contribution in [2.45, 2.75) is 39.7 Å². The molecule has 0 aliphatic carbocycles. The number of ketones is 1. The van der Waals surface area contributed by atoms with E-state index in [0.29, 0.717) is 6.42 Å². The van der Waals surface area contributed by atoms with E-state index in [1.807, 2.05) is 6.92 Å². The van der Waals surface area contributed by atoms with Crippen molar-refractivity contribution in [1.29, 1.82) is 0 Å². The molecule has 2 atom stereocenters. The van der Waals surface area contributed by atoms with Gasteiger partial charge in [-0.05, 0) is 20.3 Å². The molecule has 118 valence electrons. The van der Waals surface area contributed by atoms with Gasteiger partial charge in [-0.3, -0.25) is 14.4 Å². The van der Waals surface area contributed by atoms with Crippen LogP contribution in [0.2, 0.25) is 0 Å². The number of Topliss-reactive ketones (excluding diaryl/α,β-unsaturated/α-hetero) is 1. The van der Waals surface area contributed by atoms with E-state index in [1.165, 1.54) is 0 Å². The Labute approximate surface area is 123 Å². The van der Waals surface area contributed by atoms with Crippen LogP contribution in [0.1, 0.15) is 33.6 Å². The largest absolute Gasteiger partial charge is 0.465 e. The minimum Gasteiger partial charge on any atom is -0.465 e. The molecule has 1 saturated heterocycles. The third kappa shape index (κ3) is 3.59. The van der Waals surface area contributed by atoms with Crippen molar-refractivity contribution in [3.63, 3.8) is 0 Å². The molecule has 1 amide bonds. The first kappa shape index (κ1) is 17.1. The second kappa shape index (κ2) is 7.75. The van der Waals surface area contributed by atoms with Crippen LogP contribution >= 0.6 is 0 Å². The number of unbranched alkanes of at least 4 members (excludes halogenated alkanes) is 1. The maximum atomic E-state index is 12.1. The van der Waals surface area contributed by atoms with E-state index in [2.05, 4.69) is 0 Å². The summed E-state index contributed by atoms with van der Waals surface area (Å²) in [5.41, 5.74) is 0. The lowest BCUT2D eigenvalue weighted by molar-refractivity contribution is -0.160. The number of likely N-dealkylation sites (tertiary alicyclic amines) is 1. The number of carbonyl (C=O) groups excluding carboxylic acids is 4. The van der Waals surface area contributed by atoms with Gasteiger partial charge in [-0.25, -0.2) is 4.79 Å². The Morgan fingerprint density at radius 3 is 2.14 bits per heavy atom. The van der Waals surface area contributed by atoms with Gasteiger partial charge in [0.2, 0.25) is 5.78 Å². The summed E-state index contributed by atoms with van der Waals surface area (Å²) in [6, 6.07) is -1.21. The number of carbonyl (C=O) groups is 4. The summed E-state index contributed by atoms with van der Waals surface area (Å²) < 4.78 is 9.71. The average Bonchev–Trinajstić information content (AvgIpc) is 2.70. The Morgan fingerprint density at radius 1 is 1.05 bits per heavy atom. The molecular weight excluding hydrogens is 278 g/mol. The van der Waals surface area contributed by atoms with Gasteiger partial charge in [0.1, 0.15) is 0 Å². The van der Waals surface area contributed by atoms with Crippen LogP contribution in [0.15, 0.2) is 0 Å². The Hall–Kier alpha value is -1.92. The van der Waals surface area contributed by atoms with Crippen LogP contribution in [0.5, 0.6) is 0 Å². The molecule has 0 aromatic heterocycles. The topological polar surface area (TPSA) is 90.0 Å². The number of ether oxygens (including phenoxy) is 2. The minimum atomic E-state index is -1.42. The van der Waals surface area contributed by atoms with E-state index in [9.17, 15) is 19.2 Å². The molecule has 0 N–H and O–H groups in total. The van der Waals surface area contributed by atoms with Crippen LogP contribution in [0, 0.1) is 5.92 Å². The Bertz CT molecular complexity index is 433. The fraction of sp³-hybridized carbons (Fsp3) is 0.714. The first-order chi connectivity index (χ1) is 9.99. The Balaban J connectivity index is 3.07. The quantitative estimate of drug-likeness (QED) is 0.382.